The zero-order valence-corrected chi connectivity index (χ0v) is 13.5. The first-order valence-corrected chi connectivity index (χ1v) is 7.77. The molecule has 3 aromatic rings. The number of rotatable bonds is 5. The first-order valence-electron chi connectivity index (χ1n) is 7.77. The summed E-state index contributed by atoms with van der Waals surface area (Å²) in [5, 5.41) is 0. The molecular weight excluding hydrogens is 296 g/mol. The van der Waals surface area contributed by atoms with Gasteiger partial charge in [0.2, 0.25) is 0 Å². The van der Waals surface area contributed by atoms with E-state index in [0.717, 1.165) is 34.3 Å². The normalized spacial score (nSPS) is 11.1. The van der Waals surface area contributed by atoms with Crippen LogP contribution in [0.2, 0.25) is 0 Å². The summed E-state index contributed by atoms with van der Waals surface area (Å²) in [6.07, 6.45) is 2.41. The van der Waals surface area contributed by atoms with Gasteiger partial charge in [-0.1, -0.05) is 66.7 Å². The molecule has 0 atom stereocenters. The lowest BCUT2D eigenvalue weighted by molar-refractivity contribution is -0.104. The summed E-state index contributed by atoms with van der Waals surface area (Å²) in [5.74, 6) is 0.769. The lowest BCUT2D eigenvalue weighted by atomic mass is 9.95. The molecule has 2 heteroatoms. The van der Waals surface area contributed by atoms with E-state index in [-0.39, 0.29) is 0 Å². The summed E-state index contributed by atoms with van der Waals surface area (Å²) >= 11 is 0. The Balaban J connectivity index is 1.98. The largest absolute Gasteiger partial charge is 0.497 e. The second-order valence-electron chi connectivity index (χ2n) is 5.39. The third-order valence-corrected chi connectivity index (χ3v) is 3.92. The third kappa shape index (κ3) is 3.44. The van der Waals surface area contributed by atoms with E-state index in [1.165, 1.54) is 5.56 Å². The molecule has 3 aromatic carbocycles. The van der Waals surface area contributed by atoms with E-state index >= 15 is 0 Å². The first-order chi connectivity index (χ1) is 11.8. The second-order valence-corrected chi connectivity index (χ2v) is 5.39. The Labute approximate surface area is 142 Å². The number of aldehydes is 1. The van der Waals surface area contributed by atoms with E-state index in [4.69, 9.17) is 4.74 Å². The maximum absolute atomic E-state index is 11.1. The minimum absolute atomic E-state index is 0.769. The minimum Gasteiger partial charge on any atom is -0.497 e. The van der Waals surface area contributed by atoms with Crippen molar-refractivity contribution in [3.63, 3.8) is 0 Å². The molecule has 0 aliphatic heterocycles. The number of benzene rings is 3. The van der Waals surface area contributed by atoms with Crippen LogP contribution in [0.4, 0.5) is 0 Å². The molecule has 0 radical (unpaired) electrons. The average molecular weight is 314 g/mol. The van der Waals surface area contributed by atoms with E-state index in [9.17, 15) is 4.79 Å². The Bertz CT molecular complexity index is 847. The molecule has 0 heterocycles. The van der Waals surface area contributed by atoms with Crippen LogP contribution in [0.15, 0.2) is 84.9 Å². The molecule has 24 heavy (non-hydrogen) atoms. The molecule has 3 rings (SSSR count). The van der Waals surface area contributed by atoms with Gasteiger partial charge in [0.25, 0.3) is 0 Å². The standard InChI is InChI=1S/C22H18O2/c1-24-21-9-5-8-20(16-21)22(14-15-23)19-12-10-18(11-13-19)17-6-3-2-4-7-17/h2-16H,1H3/b22-14+. The van der Waals surface area contributed by atoms with E-state index in [2.05, 4.69) is 24.3 Å². The highest BCUT2D eigenvalue weighted by atomic mass is 16.5. The Kier molecular flexibility index (Phi) is 4.87. The fourth-order valence-electron chi connectivity index (χ4n) is 2.69. The predicted molar refractivity (Wildman–Crippen MR) is 98.0 cm³/mol. The van der Waals surface area contributed by atoms with Crippen molar-refractivity contribution in [3.05, 3.63) is 96.1 Å². The monoisotopic (exact) mass is 314 g/mol. The van der Waals surface area contributed by atoms with Crippen molar-refractivity contribution in [1.29, 1.82) is 0 Å². The summed E-state index contributed by atoms with van der Waals surface area (Å²) in [5.41, 5.74) is 5.15. The van der Waals surface area contributed by atoms with Crippen molar-refractivity contribution in [2.24, 2.45) is 0 Å². The van der Waals surface area contributed by atoms with Crippen molar-refractivity contribution in [3.8, 4) is 16.9 Å². The number of carbonyl (C=O) groups is 1. The first kappa shape index (κ1) is 15.8. The van der Waals surface area contributed by atoms with Crippen LogP contribution in [0.25, 0.3) is 16.7 Å². The van der Waals surface area contributed by atoms with Crippen LogP contribution in [0, 0.1) is 0 Å². The van der Waals surface area contributed by atoms with Gasteiger partial charge in [-0.05, 0) is 46.0 Å². The van der Waals surface area contributed by atoms with Crippen molar-refractivity contribution >= 4 is 11.9 Å². The number of methoxy groups -OCH3 is 1. The van der Waals surface area contributed by atoms with Gasteiger partial charge in [0, 0.05) is 0 Å². The molecule has 0 unspecified atom stereocenters. The minimum atomic E-state index is 0.769. The van der Waals surface area contributed by atoms with Gasteiger partial charge in [-0.2, -0.15) is 0 Å². The van der Waals surface area contributed by atoms with Crippen LogP contribution in [-0.4, -0.2) is 13.4 Å². The van der Waals surface area contributed by atoms with Gasteiger partial charge >= 0.3 is 0 Å². The molecule has 0 saturated heterocycles. The van der Waals surface area contributed by atoms with Crippen LogP contribution in [0.5, 0.6) is 5.75 Å². The molecule has 0 N–H and O–H groups in total. The number of allylic oxidation sites excluding steroid dienone is 1. The van der Waals surface area contributed by atoms with Gasteiger partial charge in [0.1, 0.15) is 12.0 Å². The lowest BCUT2D eigenvalue weighted by Crippen LogP contribution is -1.91. The predicted octanol–water partition coefficient (Wildman–Crippen LogP) is 4.99. The molecule has 0 saturated carbocycles. The van der Waals surface area contributed by atoms with Crippen LogP contribution in [0.1, 0.15) is 11.1 Å². The van der Waals surface area contributed by atoms with E-state index < -0.39 is 0 Å². The number of hydrogen-bond donors (Lipinski definition) is 0. The molecule has 0 aliphatic carbocycles. The highest BCUT2D eigenvalue weighted by Gasteiger charge is 2.07. The summed E-state index contributed by atoms with van der Waals surface area (Å²) in [6.45, 7) is 0. The van der Waals surface area contributed by atoms with Crippen molar-refractivity contribution in [2.45, 2.75) is 0 Å². The zero-order valence-electron chi connectivity index (χ0n) is 13.5. The van der Waals surface area contributed by atoms with Crippen molar-refractivity contribution in [1.82, 2.24) is 0 Å². The fourth-order valence-corrected chi connectivity index (χ4v) is 2.69. The van der Waals surface area contributed by atoms with Crippen molar-refractivity contribution in [2.75, 3.05) is 7.11 Å². The van der Waals surface area contributed by atoms with E-state index in [0.29, 0.717) is 0 Å². The van der Waals surface area contributed by atoms with E-state index in [1.54, 1.807) is 13.2 Å². The molecule has 0 amide bonds. The topological polar surface area (TPSA) is 26.3 Å². The zero-order chi connectivity index (χ0) is 16.8. The van der Waals surface area contributed by atoms with Gasteiger partial charge in [-0.15, -0.1) is 0 Å². The SMILES string of the molecule is COc1cccc(/C(=C/C=O)c2ccc(-c3ccccc3)cc2)c1. The smallest absolute Gasteiger partial charge is 0.143 e. The third-order valence-electron chi connectivity index (χ3n) is 3.92. The maximum atomic E-state index is 11.1. The summed E-state index contributed by atoms with van der Waals surface area (Å²) in [6, 6.07) is 26.2. The van der Waals surface area contributed by atoms with Crippen molar-refractivity contribution < 1.29 is 9.53 Å². The highest BCUT2D eigenvalue weighted by Crippen LogP contribution is 2.28. The fraction of sp³-hybridized carbons (Fsp3) is 0.0455. The second kappa shape index (κ2) is 7.42. The average Bonchev–Trinajstić information content (AvgIpc) is 2.67. The summed E-state index contributed by atoms with van der Waals surface area (Å²) in [4.78, 5) is 11.1. The van der Waals surface area contributed by atoms with Gasteiger partial charge in [0.05, 0.1) is 7.11 Å². The molecule has 0 aliphatic rings. The van der Waals surface area contributed by atoms with Crippen LogP contribution < -0.4 is 4.74 Å². The summed E-state index contributed by atoms with van der Waals surface area (Å²) in [7, 11) is 1.64. The van der Waals surface area contributed by atoms with Gasteiger partial charge < -0.3 is 4.74 Å². The number of ether oxygens (including phenoxy) is 1. The quantitative estimate of drug-likeness (QED) is 0.490. The molecule has 2 nitrogen and oxygen atoms in total. The Morgan fingerprint density at radius 2 is 1.50 bits per heavy atom. The van der Waals surface area contributed by atoms with Gasteiger partial charge in [0.15, 0.2) is 0 Å². The summed E-state index contributed by atoms with van der Waals surface area (Å²) < 4.78 is 5.28. The van der Waals surface area contributed by atoms with Crippen LogP contribution in [0.3, 0.4) is 0 Å². The maximum Gasteiger partial charge on any atom is 0.143 e. The Morgan fingerprint density at radius 1 is 0.792 bits per heavy atom. The molecular formula is C22H18O2. The molecule has 0 bridgehead atoms. The number of carbonyl (C=O) groups excluding carboxylic acids is 1. The number of hydrogen-bond acceptors (Lipinski definition) is 2. The lowest BCUT2D eigenvalue weighted by Gasteiger charge is -2.10. The molecule has 0 aromatic heterocycles. The highest BCUT2D eigenvalue weighted by molar-refractivity contribution is 5.90. The Morgan fingerprint density at radius 3 is 2.17 bits per heavy atom. The molecule has 0 spiro atoms. The van der Waals surface area contributed by atoms with Crippen LogP contribution >= 0.6 is 0 Å². The van der Waals surface area contributed by atoms with Gasteiger partial charge in [-0.3, -0.25) is 4.79 Å². The van der Waals surface area contributed by atoms with E-state index in [1.807, 2.05) is 54.6 Å². The van der Waals surface area contributed by atoms with Gasteiger partial charge in [-0.25, -0.2) is 0 Å². The van der Waals surface area contributed by atoms with Crippen LogP contribution in [-0.2, 0) is 4.79 Å². The Hall–Kier alpha value is -3.13. The molecule has 118 valence electrons. The molecule has 0 fully saturated rings.